The summed E-state index contributed by atoms with van der Waals surface area (Å²) in [6.45, 7) is 0. The van der Waals surface area contributed by atoms with Gasteiger partial charge in [0.2, 0.25) is 0 Å². The Morgan fingerprint density at radius 1 is 0.450 bits per heavy atom. The third-order valence-corrected chi connectivity index (χ3v) is 8.68. The molecule has 5 rings (SSSR count). The van der Waals surface area contributed by atoms with Crippen LogP contribution in [0.3, 0.4) is 0 Å². The zero-order chi connectivity index (χ0) is 13.2. The molecule has 20 heavy (non-hydrogen) atoms. The fourth-order valence-corrected chi connectivity index (χ4v) is 8.02. The Morgan fingerprint density at radius 2 is 0.700 bits per heavy atom. The van der Waals surface area contributed by atoms with Gasteiger partial charge in [-0.2, -0.15) is 0 Å². The van der Waals surface area contributed by atoms with E-state index in [1.54, 1.807) is 0 Å². The number of nitrogens with one attached hydrogen (secondary N) is 2. The molecule has 4 bridgehead atoms. The summed E-state index contributed by atoms with van der Waals surface area (Å²) in [5.74, 6) is 4.05. The highest BCUT2D eigenvalue weighted by atomic mass is 15.2. The highest BCUT2D eigenvalue weighted by Crippen LogP contribution is 2.60. The van der Waals surface area contributed by atoms with Gasteiger partial charge in [-0.3, -0.25) is 0 Å². The lowest BCUT2D eigenvalue weighted by atomic mass is 9.05. The second-order valence-electron chi connectivity index (χ2n) is 9.10. The van der Waals surface area contributed by atoms with Crippen molar-refractivity contribution in [2.24, 2.45) is 0 Å². The van der Waals surface area contributed by atoms with Crippen LogP contribution in [0.5, 0.6) is 0 Å². The van der Waals surface area contributed by atoms with Gasteiger partial charge in [0.1, 0.15) is 0 Å². The van der Waals surface area contributed by atoms with E-state index in [1.165, 1.54) is 77.0 Å². The molecule has 2 spiro atoms. The van der Waals surface area contributed by atoms with E-state index in [4.69, 9.17) is 0 Å². The minimum absolute atomic E-state index is 0.351. The van der Waals surface area contributed by atoms with Gasteiger partial charge in [-0.05, 0) is 0 Å². The maximum Gasteiger partial charge on any atom is 0.0602 e. The molecule has 0 amide bonds. The van der Waals surface area contributed by atoms with Crippen LogP contribution in [0, 0.1) is 0 Å². The minimum Gasteiger partial charge on any atom is -0.646 e. The molecule has 5 aliphatic rings. The monoisotopic (exact) mass is 272 g/mol. The van der Waals surface area contributed by atoms with Gasteiger partial charge in [-0.15, -0.1) is 23.3 Å². The van der Waals surface area contributed by atoms with E-state index in [9.17, 15) is 0 Å². The molecule has 5 fully saturated rings. The summed E-state index contributed by atoms with van der Waals surface area (Å²) in [4.78, 5) is 0. The van der Waals surface area contributed by atoms with Crippen molar-refractivity contribution in [3.8, 4) is 0 Å². The topological polar surface area (TPSA) is 24.1 Å². The Morgan fingerprint density at radius 3 is 0.950 bits per heavy atom. The van der Waals surface area contributed by atoms with E-state index in [0.29, 0.717) is 0 Å². The summed E-state index contributed by atoms with van der Waals surface area (Å²) in [6, 6.07) is 0. The summed E-state index contributed by atoms with van der Waals surface area (Å²) in [7, 11) is 0. The van der Waals surface area contributed by atoms with Crippen LogP contribution in [-0.4, -0.2) is 12.8 Å². The third-order valence-electron chi connectivity index (χ3n) is 8.68. The molecule has 0 aromatic carbocycles. The molecule has 0 atom stereocenters. The van der Waals surface area contributed by atoms with Crippen LogP contribution in [0.1, 0.15) is 77.0 Å². The van der Waals surface area contributed by atoms with E-state index in [-0.39, 0.29) is 12.8 Å². The number of rotatable bonds is 0. The van der Waals surface area contributed by atoms with Crippen molar-refractivity contribution in [3.63, 3.8) is 0 Å². The van der Waals surface area contributed by atoms with Gasteiger partial charge >= 0.3 is 0 Å². The minimum atomic E-state index is -0.351. The van der Waals surface area contributed by atoms with Crippen molar-refractivity contribution in [3.05, 3.63) is 0 Å². The first-order chi connectivity index (χ1) is 9.83. The van der Waals surface area contributed by atoms with Gasteiger partial charge in [0.05, 0.1) is 12.8 Å². The van der Waals surface area contributed by atoms with Gasteiger partial charge in [0, 0.05) is 0 Å². The first-order valence-electron chi connectivity index (χ1n) is 9.75. The largest absolute Gasteiger partial charge is 0.646 e. The molecule has 5 saturated heterocycles. The molecule has 5 aliphatic heterocycles. The summed E-state index contributed by atoms with van der Waals surface area (Å²) in [5, 5.41) is 8.86. The molecule has 0 radical (unpaired) electrons. The second kappa shape index (κ2) is 4.29. The molecule has 2 nitrogen and oxygen atoms in total. The van der Waals surface area contributed by atoms with E-state index < -0.39 is 0 Å². The average molecular weight is 272 g/mol. The molecule has 4 heteroatoms. The van der Waals surface area contributed by atoms with Crippen LogP contribution in [0.4, 0.5) is 0 Å². The third kappa shape index (κ3) is 1.46. The van der Waals surface area contributed by atoms with Crippen LogP contribution < -0.4 is 10.3 Å². The summed E-state index contributed by atoms with van der Waals surface area (Å²) in [6.07, 6.45) is 17.4. The maximum absolute atomic E-state index is 4.43. The van der Waals surface area contributed by atoms with Gasteiger partial charge in [0.25, 0.3) is 0 Å². The van der Waals surface area contributed by atoms with Crippen molar-refractivity contribution in [2.75, 3.05) is 0 Å². The zero-order valence-electron chi connectivity index (χ0n) is 12.9. The second-order valence-corrected chi connectivity index (χ2v) is 9.10. The standard InChI is InChI=1S/C16H30B2N2/c1-5-13-7-2-8-14(6-1)17(13)19-18(20-17)15-9-3-10-16(18)12-4-11-15/h13-16,19-20H,1-12H2/q-2. The Bertz CT molecular complexity index is 323. The fraction of sp³-hybridized carbons (Fsp3) is 1.00. The highest BCUT2D eigenvalue weighted by molar-refractivity contribution is 7.09. The summed E-state index contributed by atoms with van der Waals surface area (Å²) < 4.78 is 0. The quantitative estimate of drug-likeness (QED) is 0.643. The van der Waals surface area contributed by atoms with Crippen LogP contribution in [0.2, 0.25) is 23.3 Å². The van der Waals surface area contributed by atoms with Crippen LogP contribution in [0.15, 0.2) is 0 Å². The summed E-state index contributed by atoms with van der Waals surface area (Å²) in [5.41, 5.74) is 0. The predicted octanol–water partition coefficient (Wildman–Crippen LogP) is 4.28. The van der Waals surface area contributed by atoms with Gasteiger partial charge < -0.3 is 10.3 Å². The Labute approximate surface area is 124 Å². The first-order valence-corrected chi connectivity index (χ1v) is 9.75. The molecule has 5 heterocycles. The van der Waals surface area contributed by atoms with Crippen molar-refractivity contribution in [1.29, 1.82) is 0 Å². The molecular formula is C16H30B2N2-2. The Hall–Kier alpha value is 0.0499. The molecule has 0 unspecified atom stereocenters. The lowest BCUT2D eigenvalue weighted by Crippen LogP contribution is -2.98. The molecule has 0 aromatic rings. The molecule has 112 valence electrons. The molecule has 0 saturated carbocycles. The Kier molecular flexibility index (Phi) is 2.70. The van der Waals surface area contributed by atoms with Gasteiger partial charge in [0.15, 0.2) is 0 Å². The normalized spacial score (nSPS) is 57.6. The first kappa shape index (κ1) is 12.6. The Balaban J connectivity index is 1.45. The summed E-state index contributed by atoms with van der Waals surface area (Å²) >= 11 is 0. The van der Waals surface area contributed by atoms with Crippen molar-refractivity contribution >= 4 is 12.8 Å². The maximum atomic E-state index is 4.43. The lowest BCUT2D eigenvalue weighted by Gasteiger charge is -2.87. The van der Waals surface area contributed by atoms with Crippen LogP contribution >= 0.6 is 0 Å². The molecule has 0 aliphatic carbocycles. The zero-order valence-corrected chi connectivity index (χ0v) is 12.9. The molecule has 2 N–H and O–H groups in total. The molecular weight excluding hydrogens is 242 g/mol. The van der Waals surface area contributed by atoms with E-state index in [1.807, 2.05) is 0 Å². The van der Waals surface area contributed by atoms with E-state index in [0.717, 1.165) is 23.3 Å². The average Bonchev–Trinajstić information content (AvgIpc) is 2.36. The number of hydrogen-bond donors (Lipinski definition) is 2. The van der Waals surface area contributed by atoms with Gasteiger partial charge in [-0.25, -0.2) is 0 Å². The highest BCUT2D eigenvalue weighted by Gasteiger charge is 2.56. The van der Waals surface area contributed by atoms with Gasteiger partial charge in [-0.1, -0.05) is 77.0 Å². The van der Waals surface area contributed by atoms with E-state index in [2.05, 4.69) is 10.3 Å². The van der Waals surface area contributed by atoms with Crippen molar-refractivity contribution < 1.29 is 0 Å². The smallest absolute Gasteiger partial charge is 0.0602 e. The molecule has 0 aromatic heterocycles. The fourth-order valence-electron chi connectivity index (χ4n) is 8.02. The van der Waals surface area contributed by atoms with Crippen LogP contribution in [0.25, 0.3) is 0 Å². The van der Waals surface area contributed by atoms with E-state index >= 15 is 0 Å². The SMILES string of the molecule is C1CC2CCCC(C1)[B-]21N[B-]2(N1)C1CCCC2CCC1. The lowest BCUT2D eigenvalue weighted by molar-refractivity contribution is 0.377. The number of hydrogen-bond acceptors (Lipinski definition) is 2. The predicted molar refractivity (Wildman–Crippen MR) is 88.2 cm³/mol. The van der Waals surface area contributed by atoms with Crippen LogP contribution in [-0.2, 0) is 0 Å². The van der Waals surface area contributed by atoms with Crippen molar-refractivity contribution in [2.45, 2.75) is 100 Å². The van der Waals surface area contributed by atoms with Crippen molar-refractivity contribution in [1.82, 2.24) is 10.3 Å².